The van der Waals surface area contributed by atoms with Crippen LogP contribution in [-0.4, -0.2) is 34.7 Å². The zero-order valence-electron chi connectivity index (χ0n) is 16.1. The summed E-state index contributed by atoms with van der Waals surface area (Å²) in [4.78, 5) is 24.6. The average molecular weight is 376 g/mol. The molecule has 0 aliphatic carbocycles. The van der Waals surface area contributed by atoms with Gasteiger partial charge in [0.2, 0.25) is 5.91 Å². The van der Waals surface area contributed by atoms with Gasteiger partial charge < -0.3 is 10.6 Å². The number of amides is 2. The molecule has 2 amide bonds. The van der Waals surface area contributed by atoms with E-state index in [-0.39, 0.29) is 18.4 Å². The van der Waals surface area contributed by atoms with Gasteiger partial charge in [-0.3, -0.25) is 9.59 Å². The molecule has 0 radical (unpaired) electrons. The predicted molar refractivity (Wildman–Crippen MR) is 109 cm³/mol. The second kappa shape index (κ2) is 8.99. The average Bonchev–Trinajstić information content (AvgIpc) is 3.17. The molecule has 0 spiro atoms. The van der Waals surface area contributed by atoms with Crippen molar-refractivity contribution in [2.24, 2.45) is 0 Å². The minimum Gasteiger partial charge on any atom is -0.355 e. The normalized spacial score (nSPS) is 10.5. The molecule has 0 fully saturated rings. The fraction of sp³-hybridized carbons (Fsp3) is 0.227. The number of carbonyl (C=O) groups excluding carboxylic acids is 2. The molecule has 2 N–H and O–H groups in total. The summed E-state index contributed by atoms with van der Waals surface area (Å²) in [5, 5.41) is 10.1. The van der Waals surface area contributed by atoms with Gasteiger partial charge in [0.1, 0.15) is 5.69 Å². The lowest BCUT2D eigenvalue weighted by Gasteiger charge is -2.06. The van der Waals surface area contributed by atoms with Crippen molar-refractivity contribution in [3.63, 3.8) is 0 Å². The molecule has 0 bridgehead atoms. The Hall–Kier alpha value is -3.41. The lowest BCUT2D eigenvalue weighted by atomic mass is 10.1. The smallest absolute Gasteiger partial charge is 0.255 e. The molecule has 144 valence electrons. The van der Waals surface area contributed by atoms with Crippen molar-refractivity contribution >= 4 is 11.8 Å². The van der Waals surface area contributed by atoms with E-state index in [1.54, 1.807) is 10.9 Å². The number of para-hydroxylation sites is 1. The second-order valence-electron chi connectivity index (χ2n) is 6.57. The molecule has 28 heavy (non-hydrogen) atoms. The van der Waals surface area contributed by atoms with Gasteiger partial charge in [0.25, 0.3) is 5.91 Å². The van der Waals surface area contributed by atoms with Gasteiger partial charge in [0.15, 0.2) is 0 Å². The molecule has 3 rings (SSSR count). The quantitative estimate of drug-likeness (QED) is 0.665. The number of aromatic nitrogens is 2. The first-order valence-electron chi connectivity index (χ1n) is 9.35. The van der Waals surface area contributed by atoms with Crippen LogP contribution in [0.5, 0.6) is 0 Å². The van der Waals surface area contributed by atoms with Gasteiger partial charge in [-0.2, -0.15) is 5.10 Å². The monoisotopic (exact) mass is 376 g/mol. The van der Waals surface area contributed by atoms with Gasteiger partial charge in [-0.25, -0.2) is 4.68 Å². The van der Waals surface area contributed by atoms with Crippen LogP contribution in [0.15, 0.2) is 60.8 Å². The molecule has 0 atom stereocenters. The second-order valence-corrected chi connectivity index (χ2v) is 6.57. The lowest BCUT2D eigenvalue weighted by Crippen LogP contribution is -2.37. The lowest BCUT2D eigenvalue weighted by molar-refractivity contribution is -0.120. The van der Waals surface area contributed by atoms with Gasteiger partial charge in [0, 0.05) is 18.3 Å². The van der Waals surface area contributed by atoms with E-state index in [2.05, 4.69) is 15.7 Å². The summed E-state index contributed by atoms with van der Waals surface area (Å²) in [6, 6.07) is 17.5. The Morgan fingerprint density at radius 3 is 2.54 bits per heavy atom. The molecule has 6 heteroatoms. The van der Waals surface area contributed by atoms with E-state index in [1.165, 1.54) is 0 Å². The SMILES string of the molecule is CCCNC(=O)CNC(=O)c1cn(-c2ccccc2)nc1-c1cccc(C)c1. The van der Waals surface area contributed by atoms with E-state index in [4.69, 9.17) is 0 Å². The van der Waals surface area contributed by atoms with Gasteiger partial charge in [-0.1, -0.05) is 48.9 Å². The molecule has 0 saturated heterocycles. The number of carbonyl (C=O) groups is 2. The number of rotatable bonds is 7. The number of benzene rings is 2. The Morgan fingerprint density at radius 2 is 1.82 bits per heavy atom. The third kappa shape index (κ3) is 4.65. The molecule has 3 aromatic rings. The molecule has 0 aliphatic heterocycles. The number of hydrogen-bond donors (Lipinski definition) is 2. The highest BCUT2D eigenvalue weighted by Crippen LogP contribution is 2.24. The Balaban J connectivity index is 1.91. The standard InChI is InChI=1S/C22H24N4O2/c1-3-12-23-20(27)14-24-22(28)19-15-26(18-10-5-4-6-11-18)25-21(19)17-9-7-8-16(2)13-17/h4-11,13,15H,3,12,14H2,1-2H3,(H,23,27)(H,24,28). The van der Waals surface area contributed by atoms with Crippen LogP contribution < -0.4 is 10.6 Å². The van der Waals surface area contributed by atoms with E-state index in [0.29, 0.717) is 17.8 Å². The van der Waals surface area contributed by atoms with Crippen LogP contribution in [0.25, 0.3) is 16.9 Å². The van der Waals surface area contributed by atoms with E-state index in [9.17, 15) is 9.59 Å². The largest absolute Gasteiger partial charge is 0.355 e. The predicted octanol–water partition coefficient (Wildman–Crippen LogP) is 3.10. The molecule has 2 aromatic carbocycles. The maximum atomic E-state index is 12.8. The van der Waals surface area contributed by atoms with Crippen LogP contribution >= 0.6 is 0 Å². The van der Waals surface area contributed by atoms with E-state index in [0.717, 1.165) is 23.2 Å². The van der Waals surface area contributed by atoms with E-state index >= 15 is 0 Å². The van der Waals surface area contributed by atoms with Crippen molar-refractivity contribution in [1.82, 2.24) is 20.4 Å². The van der Waals surface area contributed by atoms with Crippen molar-refractivity contribution in [2.75, 3.05) is 13.1 Å². The Morgan fingerprint density at radius 1 is 1.04 bits per heavy atom. The molecular weight excluding hydrogens is 352 g/mol. The van der Waals surface area contributed by atoms with Crippen LogP contribution in [0.2, 0.25) is 0 Å². The molecule has 0 saturated carbocycles. The number of nitrogens with one attached hydrogen (secondary N) is 2. The number of nitrogens with zero attached hydrogens (tertiary/aromatic N) is 2. The van der Waals surface area contributed by atoms with Gasteiger partial charge in [0.05, 0.1) is 17.8 Å². The molecular formula is C22H24N4O2. The van der Waals surface area contributed by atoms with E-state index in [1.807, 2.05) is 68.4 Å². The summed E-state index contributed by atoms with van der Waals surface area (Å²) < 4.78 is 1.68. The minimum atomic E-state index is -0.328. The third-order valence-corrected chi connectivity index (χ3v) is 4.25. The zero-order chi connectivity index (χ0) is 19.9. The van der Waals surface area contributed by atoms with Crippen LogP contribution in [0.1, 0.15) is 29.3 Å². The molecule has 6 nitrogen and oxygen atoms in total. The zero-order valence-corrected chi connectivity index (χ0v) is 16.1. The molecule has 1 heterocycles. The van der Waals surface area contributed by atoms with Gasteiger partial charge in [-0.15, -0.1) is 0 Å². The first kappa shape index (κ1) is 19.4. The van der Waals surface area contributed by atoms with E-state index < -0.39 is 0 Å². The fourth-order valence-corrected chi connectivity index (χ4v) is 2.84. The first-order chi connectivity index (χ1) is 13.6. The van der Waals surface area contributed by atoms with Crippen LogP contribution in [-0.2, 0) is 4.79 Å². The van der Waals surface area contributed by atoms with Crippen molar-refractivity contribution < 1.29 is 9.59 Å². The maximum absolute atomic E-state index is 12.8. The highest BCUT2D eigenvalue weighted by Gasteiger charge is 2.19. The summed E-state index contributed by atoms with van der Waals surface area (Å²) in [6.07, 6.45) is 2.55. The minimum absolute atomic E-state index is 0.0669. The summed E-state index contributed by atoms with van der Waals surface area (Å²) in [7, 11) is 0. The van der Waals surface area contributed by atoms with Gasteiger partial charge in [-0.05, 0) is 31.5 Å². The Bertz CT molecular complexity index is 964. The molecule has 0 unspecified atom stereocenters. The summed E-state index contributed by atoms with van der Waals surface area (Å²) in [5.74, 6) is -0.534. The Kier molecular flexibility index (Phi) is 6.22. The highest BCUT2D eigenvalue weighted by molar-refractivity contribution is 6.01. The van der Waals surface area contributed by atoms with Crippen molar-refractivity contribution in [3.05, 3.63) is 71.9 Å². The van der Waals surface area contributed by atoms with Crippen LogP contribution in [0.4, 0.5) is 0 Å². The van der Waals surface area contributed by atoms with Crippen LogP contribution in [0, 0.1) is 6.92 Å². The fourth-order valence-electron chi connectivity index (χ4n) is 2.84. The van der Waals surface area contributed by atoms with Crippen molar-refractivity contribution in [2.45, 2.75) is 20.3 Å². The highest BCUT2D eigenvalue weighted by atomic mass is 16.2. The number of hydrogen-bond acceptors (Lipinski definition) is 3. The third-order valence-electron chi connectivity index (χ3n) is 4.25. The number of aryl methyl sites for hydroxylation is 1. The summed E-state index contributed by atoms with van der Waals surface area (Å²) >= 11 is 0. The maximum Gasteiger partial charge on any atom is 0.255 e. The molecule has 1 aromatic heterocycles. The van der Waals surface area contributed by atoms with Crippen molar-refractivity contribution in [3.8, 4) is 16.9 Å². The summed E-state index contributed by atoms with van der Waals surface area (Å²) in [6.45, 7) is 4.50. The van der Waals surface area contributed by atoms with Gasteiger partial charge >= 0.3 is 0 Å². The topological polar surface area (TPSA) is 76.0 Å². The molecule has 0 aliphatic rings. The first-order valence-corrected chi connectivity index (χ1v) is 9.35. The van der Waals surface area contributed by atoms with Crippen LogP contribution in [0.3, 0.4) is 0 Å². The Labute approximate surface area is 164 Å². The van der Waals surface area contributed by atoms with Crippen molar-refractivity contribution in [1.29, 1.82) is 0 Å². The summed E-state index contributed by atoms with van der Waals surface area (Å²) in [5.41, 5.74) is 3.81.